The zero-order valence-corrected chi connectivity index (χ0v) is 15.5. The fraction of sp³-hybridized carbons (Fsp3) is 0.381. The molecule has 0 spiro atoms. The molecule has 6 nitrogen and oxygen atoms in total. The Hall–Kier alpha value is -2.73. The summed E-state index contributed by atoms with van der Waals surface area (Å²) < 4.78 is 16.4. The first-order valence-corrected chi connectivity index (χ1v) is 9.36. The third kappa shape index (κ3) is 3.85. The molecule has 2 aromatic rings. The highest BCUT2D eigenvalue weighted by Gasteiger charge is 2.22. The molecule has 0 saturated carbocycles. The average Bonchev–Trinajstić information content (AvgIpc) is 3.17. The van der Waals surface area contributed by atoms with E-state index in [0.29, 0.717) is 30.2 Å². The lowest BCUT2D eigenvalue weighted by molar-refractivity contribution is 0.0926. The molecule has 2 aromatic carbocycles. The number of fused-ring (bicyclic) bond motifs is 1. The van der Waals surface area contributed by atoms with Crippen LogP contribution >= 0.6 is 0 Å². The zero-order valence-electron chi connectivity index (χ0n) is 15.5. The number of piperazine rings is 1. The van der Waals surface area contributed by atoms with E-state index >= 15 is 0 Å². The third-order valence-electron chi connectivity index (χ3n) is 4.94. The molecule has 2 aliphatic rings. The van der Waals surface area contributed by atoms with E-state index in [1.165, 1.54) is 0 Å². The summed E-state index contributed by atoms with van der Waals surface area (Å²) in [6.45, 7) is 6.72. The quantitative estimate of drug-likeness (QED) is 0.731. The van der Waals surface area contributed by atoms with Crippen molar-refractivity contribution in [2.75, 3.05) is 51.0 Å². The maximum atomic E-state index is 12.6. The fourth-order valence-electron chi connectivity index (χ4n) is 3.51. The highest BCUT2D eigenvalue weighted by atomic mass is 16.7. The van der Waals surface area contributed by atoms with E-state index < -0.39 is 0 Å². The first kappa shape index (κ1) is 17.7. The van der Waals surface area contributed by atoms with Gasteiger partial charge in [-0.15, -0.1) is 0 Å². The summed E-state index contributed by atoms with van der Waals surface area (Å²) in [6, 6.07) is 13.5. The van der Waals surface area contributed by atoms with Gasteiger partial charge in [-0.2, -0.15) is 0 Å². The molecule has 0 atom stereocenters. The van der Waals surface area contributed by atoms with Crippen molar-refractivity contribution in [1.82, 2.24) is 4.90 Å². The maximum Gasteiger partial charge on any atom is 0.231 e. The number of rotatable bonds is 6. The number of ketones is 1. The zero-order chi connectivity index (χ0) is 18.6. The van der Waals surface area contributed by atoms with Crippen LogP contribution in [0.2, 0.25) is 0 Å². The first-order valence-electron chi connectivity index (χ1n) is 9.36. The summed E-state index contributed by atoms with van der Waals surface area (Å²) in [5.74, 6) is 2.38. The van der Waals surface area contributed by atoms with E-state index in [1.807, 2.05) is 31.2 Å². The van der Waals surface area contributed by atoms with Crippen LogP contribution < -0.4 is 19.1 Å². The van der Waals surface area contributed by atoms with Crippen LogP contribution in [-0.4, -0.2) is 56.8 Å². The Kier molecular flexibility index (Phi) is 5.16. The molecule has 1 fully saturated rings. The van der Waals surface area contributed by atoms with Gasteiger partial charge in [-0.05, 0) is 37.3 Å². The van der Waals surface area contributed by atoms with Gasteiger partial charge in [0.15, 0.2) is 17.3 Å². The number of para-hydroxylation sites is 2. The SMILES string of the molecule is CCOc1ccccc1N1CCN(CC(=O)c2ccc3c(c2)OCO3)CC1. The maximum absolute atomic E-state index is 12.6. The van der Waals surface area contributed by atoms with Crippen molar-refractivity contribution in [2.45, 2.75) is 6.92 Å². The number of nitrogens with zero attached hydrogens (tertiary/aromatic N) is 2. The minimum absolute atomic E-state index is 0.108. The van der Waals surface area contributed by atoms with E-state index in [0.717, 1.165) is 37.6 Å². The number of Topliss-reactive ketones (excluding diaryl/α,β-unsaturated/α-hetero) is 1. The van der Waals surface area contributed by atoms with E-state index in [-0.39, 0.29) is 12.6 Å². The normalized spacial score (nSPS) is 16.4. The van der Waals surface area contributed by atoms with Crippen molar-refractivity contribution < 1.29 is 19.0 Å². The average molecular weight is 368 g/mol. The van der Waals surface area contributed by atoms with Gasteiger partial charge >= 0.3 is 0 Å². The van der Waals surface area contributed by atoms with Crippen LogP contribution in [0.1, 0.15) is 17.3 Å². The molecular weight excluding hydrogens is 344 g/mol. The minimum Gasteiger partial charge on any atom is -0.492 e. The summed E-state index contributed by atoms with van der Waals surface area (Å²) in [6.07, 6.45) is 0. The van der Waals surface area contributed by atoms with Crippen LogP contribution in [0.4, 0.5) is 5.69 Å². The van der Waals surface area contributed by atoms with Gasteiger partial charge in [-0.25, -0.2) is 0 Å². The predicted molar refractivity (Wildman–Crippen MR) is 103 cm³/mol. The molecule has 142 valence electrons. The van der Waals surface area contributed by atoms with Gasteiger partial charge < -0.3 is 19.1 Å². The largest absolute Gasteiger partial charge is 0.492 e. The Bertz CT molecular complexity index is 816. The van der Waals surface area contributed by atoms with Gasteiger partial charge in [0, 0.05) is 31.7 Å². The second-order valence-corrected chi connectivity index (χ2v) is 6.66. The molecule has 2 heterocycles. The summed E-state index contributed by atoms with van der Waals surface area (Å²) in [7, 11) is 0. The van der Waals surface area contributed by atoms with Crippen molar-refractivity contribution in [3.63, 3.8) is 0 Å². The summed E-state index contributed by atoms with van der Waals surface area (Å²) >= 11 is 0. The molecule has 0 unspecified atom stereocenters. The molecule has 1 saturated heterocycles. The van der Waals surface area contributed by atoms with Gasteiger partial charge in [0.2, 0.25) is 6.79 Å². The first-order chi connectivity index (χ1) is 13.2. The summed E-state index contributed by atoms with van der Waals surface area (Å²) in [5.41, 5.74) is 1.80. The molecule has 0 bridgehead atoms. The van der Waals surface area contributed by atoms with Crippen LogP contribution in [0.3, 0.4) is 0 Å². The van der Waals surface area contributed by atoms with E-state index in [1.54, 1.807) is 12.1 Å². The van der Waals surface area contributed by atoms with Crippen LogP contribution in [-0.2, 0) is 0 Å². The number of hydrogen-bond donors (Lipinski definition) is 0. The smallest absolute Gasteiger partial charge is 0.231 e. The number of hydrogen-bond acceptors (Lipinski definition) is 6. The van der Waals surface area contributed by atoms with E-state index in [9.17, 15) is 4.79 Å². The molecule has 2 aliphatic heterocycles. The Balaban J connectivity index is 1.35. The molecule has 0 N–H and O–H groups in total. The van der Waals surface area contributed by atoms with Crippen LogP contribution in [0, 0.1) is 0 Å². The molecule has 0 aromatic heterocycles. The second-order valence-electron chi connectivity index (χ2n) is 6.66. The molecule has 27 heavy (non-hydrogen) atoms. The molecule has 0 aliphatic carbocycles. The Morgan fingerprint density at radius 1 is 1.04 bits per heavy atom. The lowest BCUT2D eigenvalue weighted by Gasteiger charge is -2.36. The van der Waals surface area contributed by atoms with Gasteiger partial charge in [0.25, 0.3) is 0 Å². The third-order valence-corrected chi connectivity index (χ3v) is 4.94. The Labute approximate surface area is 159 Å². The van der Waals surface area contributed by atoms with E-state index in [4.69, 9.17) is 14.2 Å². The Morgan fingerprint density at radius 3 is 2.63 bits per heavy atom. The van der Waals surface area contributed by atoms with Crippen molar-refractivity contribution >= 4 is 11.5 Å². The van der Waals surface area contributed by atoms with E-state index in [2.05, 4.69) is 15.9 Å². The minimum atomic E-state index is 0.108. The highest BCUT2D eigenvalue weighted by molar-refractivity contribution is 5.98. The van der Waals surface area contributed by atoms with Crippen molar-refractivity contribution in [3.05, 3.63) is 48.0 Å². The number of anilines is 1. The summed E-state index contributed by atoms with van der Waals surface area (Å²) in [4.78, 5) is 17.2. The number of benzene rings is 2. The van der Waals surface area contributed by atoms with Crippen LogP contribution in [0.5, 0.6) is 17.2 Å². The molecule has 6 heteroatoms. The van der Waals surface area contributed by atoms with Crippen LogP contribution in [0.15, 0.2) is 42.5 Å². The van der Waals surface area contributed by atoms with Gasteiger partial charge in [-0.1, -0.05) is 12.1 Å². The van der Waals surface area contributed by atoms with Crippen molar-refractivity contribution in [1.29, 1.82) is 0 Å². The van der Waals surface area contributed by atoms with Crippen molar-refractivity contribution in [2.24, 2.45) is 0 Å². The summed E-state index contributed by atoms with van der Waals surface area (Å²) in [5, 5.41) is 0. The molecule has 4 rings (SSSR count). The molecule has 0 radical (unpaired) electrons. The molecule has 0 amide bonds. The standard InChI is InChI=1S/C21H24N2O4/c1-2-25-19-6-4-3-5-17(19)23-11-9-22(10-12-23)14-18(24)16-7-8-20-21(13-16)27-15-26-20/h3-8,13H,2,9-12,14-15H2,1H3. The number of carbonyl (C=O) groups excluding carboxylic acids is 1. The predicted octanol–water partition coefficient (Wildman–Crippen LogP) is 2.82. The lowest BCUT2D eigenvalue weighted by atomic mass is 10.1. The second kappa shape index (κ2) is 7.88. The lowest BCUT2D eigenvalue weighted by Crippen LogP contribution is -2.48. The topological polar surface area (TPSA) is 51.2 Å². The Morgan fingerprint density at radius 2 is 1.81 bits per heavy atom. The van der Waals surface area contributed by atoms with Gasteiger partial charge in [-0.3, -0.25) is 9.69 Å². The van der Waals surface area contributed by atoms with Gasteiger partial charge in [0.05, 0.1) is 18.8 Å². The van der Waals surface area contributed by atoms with Gasteiger partial charge in [0.1, 0.15) is 5.75 Å². The number of carbonyl (C=O) groups is 1. The number of ether oxygens (including phenoxy) is 3. The fourth-order valence-corrected chi connectivity index (χ4v) is 3.51. The van der Waals surface area contributed by atoms with Crippen molar-refractivity contribution in [3.8, 4) is 17.2 Å². The highest BCUT2D eigenvalue weighted by Crippen LogP contribution is 2.33. The monoisotopic (exact) mass is 368 g/mol. The van der Waals surface area contributed by atoms with Crippen LogP contribution in [0.25, 0.3) is 0 Å². The molecular formula is C21H24N2O4.